The Morgan fingerprint density at radius 1 is 1.26 bits per heavy atom. The zero-order valence-corrected chi connectivity index (χ0v) is 11.0. The molecule has 0 aliphatic heterocycles. The third kappa shape index (κ3) is 3.66. The topological polar surface area (TPSA) is 68.1 Å². The Balaban J connectivity index is 1.96. The van der Waals surface area contributed by atoms with Gasteiger partial charge in [-0.1, -0.05) is 23.7 Å². The SMILES string of the molecule is COc1ccc(COC(=N)c2cncc(Cl)n2)cc1. The minimum absolute atomic E-state index is 0.0641. The molecule has 0 saturated carbocycles. The molecule has 6 heteroatoms. The number of methoxy groups -OCH3 is 1. The highest BCUT2D eigenvalue weighted by molar-refractivity contribution is 6.29. The molecular formula is C13H12ClN3O2. The number of nitrogens with one attached hydrogen (secondary N) is 1. The van der Waals surface area contributed by atoms with Gasteiger partial charge in [0.25, 0.3) is 0 Å². The molecule has 0 unspecified atom stereocenters. The third-order valence-electron chi connectivity index (χ3n) is 2.38. The molecule has 0 radical (unpaired) electrons. The monoisotopic (exact) mass is 277 g/mol. The van der Waals surface area contributed by atoms with Crippen molar-refractivity contribution >= 4 is 17.5 Å². The molecule has 0 bridgehead atoms. The Labute approximate surface area is 115 Å². The van der Waals surface area contributed by atoms with Crippen molar-refractivity contribution in [3.63, 3.8) is 0 Å². The summed E-state index contributed by atoms with van der Waals surface area (Å²) in [5, 5.41) is 7.98. The summed E-state index contributed by atoms with van der Waals surface area (Å²) in [6.07, 6.45) is 2.84. The fraction of sp³-hybridized carbons (Fsp3) is 0.154. The van der Waals surface area contributed by atoms with Crippen LogP contribution in [0.5, 0.6) is 5.75 Å². The lowest BCUT2D eigenvalue weighted by Crippen LogP contribution is -2.08. The first kappa shape index (κ1) is 13.3. The Hall–Kier alpha value is -2.14. The van der Waals surface area contributed by atoms with Gasteiger partial charge in [-0.15, -0.1) is 0 Å². The molecule has 0 fully saturated rings. The van der Waals surface area contributed by atoms with E-state index >= 15 is 0 Å². The summed E-state index contributed by atoms with van der Waals surface area (Å²) in [6.45, 7) is 0.275. The lowest BCUT2D eigenvalue weighted by molar-refractivity contribution is 0.289. The van der Waals surface area contributed by atoms with Crippen LogP contribution in [0.2, 0.25) is 5.15 Å². The number of rotatable bonds is 4. The molecule has 19 heavy (non-hydrogen) atoms. The maximum Gasteiger partial charge on any atom is 0.234 e. The van der Waals surface area contributed by atoms with E-state index in [1.54, 1.807) is 7.11 Å². The van der Waals surface area contributed by atoms with Gasteiger partial charge in [0.1, 0.15) is 23.2 Å². The van der Waals surface area contributed by atoms with Crippen LogP contribution >= 0.6 is 11.6 Å². The van der Waals surface area contributed by atoms with Gasteiger partial charge in [0.05, 0.1) is 19.5 Å². The summed E-state index contributed by atoms with van der Waals surface area (Å²) in [5.41, 5.74) is 1.24. The van der Waals surface area contributed by atoms with Gasteiger partial charge >= 0.3 is 0 Å². The van der Waals surface area contributed by atoms with Gasteiger partial charge < -0.3 is 9.47 Å². The van der Waals surface area contributed by atoms with E-state index in [1.807, 2.05) is 24.3 Å². The summed E-state index contributed by atoms with van der Waals surface area (Å²) >= 11 is 5.70. The van der Waals surface area contributed by atoms with Crippen LogP contribution in [0.1, 0.15) is 11.3 Å². The van der Waals surface area contributed by atoms with E-state index in [0.29, 0.717) is 5.69 Å². The molecule has 1 aromatic carbocycles. The van der Waals surface area contributed by atoms with E-state index < -0.39 is 0 Å². The average molecular weight is 278 g/mol. The van der Waals surface area contributed by atoms with Gasteiger partial charge in [-0.3, -0.25) is 10.4 Å². The second-order valence-electron chi connectivity index (χ2n) is 3.69. The quantitative estimate of drug-likeness (QED) is 0.689. The van der Waals surface area contributed by atoms with Crippen LogP contribution < -0.4 is 4.74 Å². The van der Waals surface area contributed by atoms with Crippen LogP contribution in [0, 0.1) is 5.41 Å². The molecule has 98 valence electrons. The van der Waals surface area contributed by atoms with Gasteiger partial charge in [0, 0.05) is 0 Å². The summed E-state index contributed by atoms with van der Waals surface area (Å²) in [5.74, 6) is 0.713. The van der Waals surface area contributed by atoms with Gasteiger partial charge in [0.15, 0.2) is 0 Å². The first-order valence-electron chi connectivity index (χ1n) is 5.51. The van der Waals surface area contributed by atoms with Gasteiger partial charge in [-0.25, -0.2) is 4.98 Å². The van der Waals surface area contributed by atoms with E-state index in [4.69, 9.17) is 26.5 Å². The maximum absolute atomic E-state index is 7.75. The normalized spacial score (nSPS) is 10.0. The van der Waals surface area contributed by atoms with Crippen molar-refractivity contribution in [1.82, 2.24) is 9.97 Å². The third-order valence-corrected chi connectivity index (χ3v) is 2.56. The minimum Gasteiger partial charge on any atom is -0.497 e. The van der Waals surface area contributed by atoms with Crippen molar-refractivity contribution in [3.05, 3.63) is 53.1 Å². The van der Waals surface area contributed by atoms with Crippen molar-refractivity contribution in [3.8, 4) is 5.75 Å². The molecule has 0 saturated heterocycles. The molecule has 0 atom stereocenters. The second kappa shape index (κ2) is 6.15. The lowest BCUT2D eigenvalue weighted by Gasteiger charge is -2.07. The van der Waals surface area contributed by atoms with Crippen LogP contribution in [0.25, 0.3) is 0 Å². The Kier molecular flexibility index (Phi) is 4.30. The maximum atomic E-state index is 7.75. The van der Waals surface area contributed by atoms with E-state index in [2.05, 4.69) is 9.97 Å². The van der Waals surface area contributed by atoms with Crippen LogP contribution in [-0.4, -0.2) is 23.0 Å². The standard InChI is InChI=1S/C13H12ClN3O2/c1-18-10-4-2-9(3-5-10)8-19-13(15)11-6-16-7-12(14)17-11/h2-7,15H,8H2,1H3. The Morgan fingerprint density at radius 3 is 2.63 bits per heavy atom. The summed E-state index contributed by atoms with van der Waals surface area (Å²) in [4.78, 5) is 7.80. The smallest absolute Gasteiger partial charge is 0.234 e. The Bertz CT molecular complexity index is 572. The van der Waals surface area contributed by atoms with Crippen molar-refractivity contribution in [2.45, 2.75) is 6.61 Å². The highest BCUT2D eigenvalue weighted by Gasteiger charge is 2.06. The zero-order valence-electron chi connectivity index (χ0n) is 10.3. The largest absolute Gasteiger partial charge is 0.497 e. The molecule has 0 amide bonds. The van der Waals surface area contributed by atoms with E-state index in [-0.39, 0.29) is 17.7 Å². The second-order valence-corrected chi connectivity index (χ2v) is 4.08. The van der Waals surface area contributed by atoms with E-state index in [0.717, 1.165) is 11.3 Å². The first-order valence-corrected chi connectivity index (χ1v) is 5.89. The molecule has 1 N–H and O–H groups in total. The van der Waals surface area contributed by atoms with Gasteiger partial charge in [0.2, 0.25) is 5.90 Å². The molecule has 2 aromatic rings. The minimum atomic E-state index is -0.0641. The predicted molar refractivity (Wildman–Crippen MR) is 71.7 cm³/mol. The fourth-order valence-corrected chi connectivity index (χ4v) is 1.55. The van der Waals surface area contributed by atoms with Crippen LogP contribution in [0.3, 0.4) is 0 Å². The summed E-state index contributed by atoms with van der Waals surface area (Å²) in [7, 11) is 1.61. The summed E-state index contributed by atoms with van der Waals surface area (Å²) < 4.78 is 10.4. The van der Waals surface area contributed by atoms with Crippen molar-refractivity contribution in [2.75, 3.05) is 7.11 Å². The number of nitrogens with zero attached hydrogens (tertiary/aromatic N) is 2. The average Bonchev–Trinajstić information content (AvgIpc) is 2.45. The molecular weight excluding hydrogens is 266 g/mol. The number of benzene rings is 1. The molecule has 0 aliphatic rings. The molecule has 1 aromatic heterocycles. The number of hydrogen-bond donors (Lipinski definition) is 1. The number of hydrogen-bond acceptors (Lipinski definition) is 5. The lowest BCUT2D eigenvalue weighted by atomic mass is 10.2. The molecule has 0 aliphatic carbocycles. The predicted octanol–water partition coefficient (Wildman–Crippen LogP) is 2.68. The zero-order chi connectivity index (χ0) is 13.7. The molecule has 0 spiro atoms. The first-order chi connectivity index (χ1) is 9.19. The number of aromatic nitrogens is 2. The van der Waals surface area contributed by atoms with E-state index in [1.165, 1.54) is 12.4 Å². The fourth-order valence-electron chi connectivity index (χ4n) is 1.40. The molecule has 2 rings (SSSR count). The van der Waals surface area contributed by atoms with Crippen LogP contribution in [0.15, 0.2) is 36.7 Å². The van der Waals surface area contributed by atoms with Crippen LogP contribution in [0.4, 0.5) is 0 Å². The van der Waals surface area contributed by atoms with Crippen LogP contribution in [-0.2, 0) is 11.3 Å². The summed E-state index contributed by atoms with van der Waals surface area (Å²) in [6, 6.07) is 7.41. The van der Waals surface area contributed by atoms with Crippen molar-refractivity contribution < 1.29 is 9.47 Å². The highest BCUT2D eigenvalue weighted by Crippen LogP contribution is 2.12. The molecule has 5 nitrogen and oxygen atoms in total. The van der Waals surface area contributed by atoms with Gasteiger partial charge in [-0.2, -0.15) is 0 Å². The van der Waals surface area contributed by atoms with Crippen molar-refractivity contribution in [1.29, 1.82) is 5.41 Å². The van der Waals surface area contributed by atoms with Gasteiger partial charge in [-0.05, 0) is 17.7 Å². The van der Waals surface area contributed by atoms with E-state index in [9.17, 15) is 0 Å². The Morgan fingerprint density at radius 2 is 2.00 bits per heavy atom. The molecule has 1 heterocycles. The highest BCUT2D eigenvalue weighted by atomic mass is 35.5. The van der Waals surface area contributed by atoms with Crippen molar-refractivity contribution in [2.24, 2.45) is 0 Å². The number of ether oxygens (including phenoxy) is 2. The number of halogens is 1.